The Bertz CT molecular complexity index is 1630. The number of piperidine rings is 2. The zero-order valence-corrected chi connectivity index (χ0v) is 30.2. The van der Waals surface area contributed by atoms with Crippen molar-refractivity contribution in [3.8, 4) is 0 Å². The van der Waals surface area contributed by atoms with E-state index in [-0.39, 0.29) is 30.2 Å². The molecule has 1 unspecified atom stereocenters. The number of aryl methyl sites for hydroxylation is 2. The Balaban J connectivity index is 1.07. The van der Waals surface area contributed by atoms with Gasteiger partial charge in [0.25, 0.3) is 0 Å². The number of hydrogen-bond donors (Lipinski definition) is 3. The maximum atomic E-state index is 13.5. The number of nitrogens with zero attached hydrogens (tertiary/aromatic N) is 3. The first kappa shape index (κ1) is 34.2. The lowest BCUT2D eigenvalue weighted by molar-refractivity contribution is -0.135. The molecule has 3 N–H and O–H groups in total. The van der Waals surface area contributed by atoms with E-state index < -0.39 is 11.6 Å². The van der Waals surface area contributed by atoms with E-state index in [0.717, 1.165) is 75.4 Å². The van der Waals surface area contributed by atoms with E-state index in [0.29, 0.717) is 37.6 Å². The number of pyridine rings is 1. The number of benzene rings is 2. The van der Waals surface area contributed by atoms with Crippen LogP contribution in [0.5, 0.6) is 0 Å². The number of carbonyl (C=O) groups excluding carboxylic acids is 2. The Hall–Kier alpha value is -2.63. The average molecular weight is 786 g/mol. The third-order valence-corrected chi connectivity index (χ3v) is 11.5. The summed E-state index contributed by atoms with van der Waals surface area (Å²) in [5.74, 6) is 0.462. The fourth-order valence-corrected chi connectivity index (χ4v) is 9.35. The predicted octanol–water partition coefficient (Wildman–Crippen LogP) is 6.44. The van der Waals surface area contributed by atoms with Gasteiger partial charge < -0.3 is 20.3 Å². The number of halogens is 3. The summed E-state index contributed by atoms with van der Waals surface area (Å²) in [4.78, 5) is 35.1. The van der Waals surface area contributed by atoms with Gasteiger partial charge in [0.1, 0.15) is 6.23 Å². The second-order valence-corrected chi connectivity index (χ2v) is 15.2. The van der Waals surface area contributed by atoms with Gasteiger partial charge in [-0.1, -0.05) is 57.9 Å². The van der Waals surface area contributed by atoms with Gasteiger partial charge in [-0.15, -0.1) is 0 Å². The van der Waals surface area contributed by atoms with Gasteiger partial charge in [-0.3, -0.25) is 19.9 Å². The Labute approximate surface area is 298 Å². The van der Waals surface area contributed by atoms with Crippen LogP contribution >= 0.6 is 43.5 Å². The predicted molar refractivity (Wildman–Crippen MR) is 191 cm³/mol. The van der Waals surface area contributed by atoms with Crippen LogP contribution in [0.15, 0.2) is 63.7 Å². The molecule has 3 aliphatic rings. The molecule has 2 aliphatic heterocycles. The van der Waals surface area contributed by atoms with Crippen molar-refractivity contribution in [1.29, 1.82) is 5.41 Å². The highest BCUT2D eigenvalue weighted by Crippen LogP contribution is 2.50. The molecule has 0 bridgehead atoms. The van der Waals surface area contributed by atoms with Gasteiger partial charge in [0, 0.05) is 59.0 Å². The second-order valence-electron chi connectivity index (χ2n) is 13.0. The number of likely N-dealkylation sites (tertiary alicyclic amines) is 2. The highest BCUT2D eigenvalue weighted by Gasteiger charge is 2.48. The van der Waals surface area contributed by atoms with Crippen LogP contribution in [0.3, 0.4) is 0 Å². The highest BCUT2D eigenvalue weighted by molar-refractivity contribution is 9.10. The third kappa shape index (κ3) is 7.22. The molecule has 2 aromatic carbocycles. The van der Waals surface area contributed by atoms with E-state index in [1.807, 2.05) is 58.5 Å². The van der Waals surface area contributed by atoms with Crippen LogP contribution in [-0.2, 0) is 27.8 Å². The Kier molecular flexibility index (Phi) is 10.8. The molecule has 11 heteroatoms. The Morgan fingerprint density at radius 1 is 1.00 bits per heavy atom. The first-order valence-electron chi connectivity index (χ1n) is 16.4. The minimum atomic E-state index is -0.890. The van der Waals surface area contributed by atoms with Crippen molar-refractivity contribution in [2.45, 2.75) is 56.6 Å². The fraction of sp³-hybridized carbons (Fsp3) is 0.444. The number of carbonyl (C=O) groups is 2. The van der Waals surface area contributed by atoms with Gasteiger partial charge >= 0.3 is 0 Å². The quantitative estimate of drug-likeness (QED) is 0.180. The largest absolute Gasteiger partial charge is 0.374 e. The van der Waals surface area contributed by atoms with Crippen LogP contribution in [-0.4, -0.2) is 70.6 Å². The lowest BCUT2D eigenvalue weighted by atomic mass is 9.64. The van der Waals surface area contributed by atoms with Crippen LogP contribution in [0, 0.1) is 17.2 Å². The van der Waals surface area contributed by atoms with Crippen molar-refractivity contribution in [3.05, 3.63) is 96.6 Å². The molecule has 3 aromatic rings. The lowest BCUT2D eigenvalue weighted by Gasteiger charge is -2.44. The molecular weight excluding hydrogens is 746 g/mol. The zero-order valence-electron chi connectivity index (χ0n) is 26.2. The number of hydrogen-bond acceptors (Lipinski definition) is 6. The molecule has 0 radical (unpaired) electrons. The number of aliphatic hydroxyl groups is 1. The number of rotatable bonds is 8. The van der Waals surface area contributed by atoms with E-state index in [4.69, 9.17) is 22.0 Å². The van der Waals surface area contributed by atoms with Crippen molar-refractivity contribution in [1.82, 2.24) is 20.1 Å². The number of nitrogens with one attached hydrogen (secondary N) is 2. The van der Waals surface area contributed by atoms with Gasteiger partial charge in [0.15, 0.2) is 0 Å². The smallest absolute Gasteiger partial charge is 0.236 e. The summed E-state index contributed by atoms with van der Waals surface area (Å²) in [6.07, 6.45) is 7.74. The second kappa shape index (κ2) is 14.9. The molecule has 3 heterocycles. The van der Waals surface area contributed by atoms with E-state index in [1.165, 1.54) is 0 Å². The third-order valence-electron chi connectivity index (χ3n) is 10.3. The monoisotopic (exact) mass is 783 g/mol. The first-order chi connectivity index (χ1) is 22.7. The number of amides is 2. The molecular formula is C36H40Br2ClN5O3. The summed E-state index contributed by atoms with van der Waals surface area (Å²) in [5, 5.41) is 22.8. The summed E-state index contributed by atoms with van der Waals surface area (Å²) < 4.78 is 1.82. The number of fused-ring (bicyclic) bond motifs is 2. The van der Waals surface area contributed by atoms with Crippen molar-refractivity contribution in [2.24, 2.45) is 11.8 Å². The molecule has 1 aliphatic carbocycles. The van der Waals surface area contributed by atoms with Crippen LogP contribution in [0.4, 0.5) is 0 Å². The Morgan fingerprint density at radius 3 is 2.36 bits per heavy atom. The number of aromatic nitrogens is 1. The molecule has 8 nitrogen and oxygen atoms in total. The molecule has 0 saturated carbocycles. The van der Waals surface area contributed by atoms with Crippen molar-refractivity contribution < 1.29 is 14.7 Å². The summed E-state index contributed by atoms with van der Waals surface area (Å²) in [5.41, 5.74) is 4.25. The van der Waals surface area contributed by atoms with Crippen molar-refractivity contribution in [3.63, 3.8) is 0 Å². The van der Waals surface area contributed by atoms with Gasteiger partial charge in [0.05, 0.1) is 17.7 Å². The molecule has 2 saturated heterocycles. The minimum Gasteiger partial charge on any atom is -0.374 e. The van der Waals surface area contributed by atoms with E-state index in [9.17, 15) is 14.7 Å². The number of aliphatic hydroxyl groups excluding tert-OH is 1. The van der Waals surface area contributed by atoms with Crippen LogP contribution < -0.4 is 5.32 Å². The average Bonchev–Trinajstić information content (AvgIpc) is 3.22. The van der Waals surface area contributed by atoms with Crippen LogP contribution in [0.25, 0.3) is 0 Å². The lowest BCUT2D eigenvalue weighted by Crippen LogP contribution is -2.48. The molecule has 47 heavy (non-hydrogen) atoms. The summed E-state index contributed by atoms with van der Waals surface area (Å²) in [7, 11) is 0. The molecule has 2 fully saturated rings. The van der Waals surface area contributed by atoms with E-state index in [1.54, 1.807) is 6.21 Å². The normalized spacial score (nSPS) is 21.0. The maximum absolute atomic E-state index is 13.5. The van der Waals surface area contributed by atoms with Crippen molar-refractivity contribution in [2.75, 3.05) is 32.7 Å². The molecule has 6 rings (SSSR count). The fourth-order valence-electron chi connectivity index (χ4n) is 7.77. The SMILES string of the molecule is N=C[C@]1(C2CCN(C(=O)CC3CCN(C(=O)CNC(O)c4ccccc4)CC3)CC2)c2ncc(Br)cc2CCc2cc(Cl)cc(Br)c21. The molecule has 0 spiro atoms. The highest BCUT2D eigenvalue weighted by atomic mass is 79.9. The molecule has 2 amide bonds. The standard InChI is InChI=1S/C36H40Br2ClN5O3/c37-28-17-26-7-6-25-18-29(39)19-30(38)33(25)36(22-40,34(26)41-20-28)27-10-14-43(15-11-27)31(45)16-23-8-12-44(13-9-23)32(46)21-42-35(47)24-4-2-1-3-5-24/h1-5,17-20,22-23,27,35,40,42,47H,6-16,21H2/t35?,36-/m1/s1. The zero-order chi connectivity index (χ0) is 33.1. The molecule has 1 aromatic heterocycles. The van der Waals surface area contributed by atoms with Gasteiger partial charge in [-0.25, -0.2) is 0 Å². The van der Waals surface area contributed by atoms with Crippen LogP contribution in [0.2, 0.25) is 5.02 Å². The summed E-state index contributed by atoms with van der Waals surface area (Å²) in [6, 6.07) is 15.3. The van der Waals surface area contributed by atoms with Gasteiger partial charge in [-0.05, 0) is 107 Å². The minimum absolute atomic E-state index is 0.0376. The molecule has 2 atom stereocenters. The maximum Gasteiger partial charge on any atom is 0.236 e. The topological polar surface area (TPSA) is 110 Å². The van der Waals surface area contributed by atoms with Crippen molar-refractivity contribution >= 4 is 61.5 Å². The summed E-state index contributed by atoms with van der Waals surface area (Å²) >= 11 is 13.9. The summed E-state index contributed by atoms with van der Waals surface area (Å²) in [6.45, 7) is 2.57. The first-order valence-corrected chi connectivity index (χ1v) is 18.3. The van der Waals surface area contributed by atoms with E-state index >= 15 is 0 Å². The van der Waals surface area contributed by atoms with Crippen LogP contribution in [0.1, 0.15) is 66.3 Å². The molecule has 248 valence electrons. The Morgan fingerprint density at radius 2 is 1.66 bits per heavy atom. The van der Waals surface area contributed by atoms with Gasteiger partial charge in [0.2, 0.25) is 11.8 Å². The van der Waals surface area contributed by atoms with E-state index in [2.05, 4.69) is 43.2 Å². The van der Waals surface area contributed by atoms with Gasteiger partial charge in [-0.2, -0.15) is 0 Å².